The summed E-state index contributed by atoms with van der Waals surface area (Å²) in [5.41, 5.74) is 9.76. The van der Waals surface area contributed by atoms with Gasteiger partial charge in [0.05, 0.1) is 0 Å². The Balaban J connectivity index is 1.38. The molecule has 7 aromatic rings. The van der Waals surface area contributed by atoms with Crippen molar-refractivity contribution in [3.8, 4) is 33.4 Å². The van der Waals surface area contributed by atoms with Gasteiger partial charge in [-0.05, 0) is 56.3 Å². The topological polar surface area (TPSA) is 15.8 Å². The van der Waals surface area contributed by atoms with Gasteiger partial charge in [-0.1, -0.05) is 121 Å². The molecule has 0 radical (unpaired) electrons. The van der Waals surface area contributed by atoms with E-state index in [4.69, 9.17) is 0 Å². The molecule has 1 nitrogen and oxygen atoms in total. The minimum absolute atomic E-state index is 1.17. The van der Waals surface area contributed by atoms with Gasteiger partial charge in [0.2, 0.25) is 0 Å². The molecule has 6 aromatic carbocycles. The van der Waals surface area contributed by atoms with E-state index in [-0.39, 0.29) is 0 Å². The van der Waals surface area contributed by atoms with E-state index in [1.165, 1.54) is 66.0 Å². The Morgan fingerprint density at radius 2 is 0.886 bits per heavy atom. The summed E-state index contributed by atoms with van der Waals surface area (Å²) in [6, 6.07) is 47.9. The van der Waals surface area contributed by atoms with Crippen molar-refractivity contribution < 1.29 is 0 Å². The number of H-pyrrole nitrogens is 1. The molecule has 0 aliphatic heterocycles. The summed E-state index contributed by atoms with van der Waals surface area (Å²) in [7, 11) is 0. The molecule has 0 unspecified atom stereocenters. The molecule has 0 saturated carbocycles. The maximum absolute atomic E-state index is 3.73. The van der Waals surface area contributed by atoms with Crippen LogP contribution in [0.5, 0.6) is 0 Å². The lowest BCUT2D eigenvalue weighted by atomic mass is 9.94. The highest BCUT2D eigenvalue weighted by Gasteiger charge is 2.13. The number of nitrogens with one attached hydrogen (secondary N) is 1. The molecule has 0 amide bonds. The first-order chi connectivity index (χ1) is 17.3. The summed E-state index contributed by atoms with van der Waals surface area (Å²) in [5, 5.41) is 5.13. The van der Waals surface area contributed by atoms with Crippen molar-refractivity contribution in [2.45, 2.75) is 0 Å². The molecule has 0 fully saturated rings. The highest BCUT2D eigenvalue weighted by Crippen LogP contribution is 2.39. The number of aromatic amines is 1. The predicted molar refractivity (Wildman–Crippen MR) is 150 cm³/mol. The molecule has 0 saturated heterocycles. The second kappa shape index (κ2) is 8.00. The van der Waals surface area contributed by atoms with Crippen molar-refractivity contribution >= 4 is 32.6 Å². The lowest BCUT2D eigenvalue weighted by molar-refractivity contribution is 1.54. The van der Waals surface area contributed by atoms with Crippen LogP contribution < -0.4 is 0 Å². The molecular weight excluding hydrogens is 422 g/mol. The first-order valence-electron chi connectivity index (χ1n) is 12.0. The van der Waals surface area contributed by atoms with Gasteiger partial charge >= 0.3 is 0 Å². The van der Waals surface area contributed by atoms with E-state index in [1.54, 1.807) is 0 Å². The Labute approximate surface area is 204 Å². The maximum Gasteiger partial charge on any atom is 0.0477 e. The SMILES string of the molecule is c1ccc(-c2ccc(-c3ccc4c(c3)[nH]c3cc(-c5ccccc5)c5ccccc5c34)cc2)cc1. The number of rotatable bonds is 3. The number of hydrogen-bond acceptors (Lipinski definition) is 0. The van der Waals surface area contributed by atoms with Crippen LogP contribution >= 0.6 is 0 Å². The Morgan fingerprint density at radius 3 is 1.60 bits per heavy atom. The molecule has 0 aliphatic rings. The van der Waals surface area contributed by atoms with Crippen LogP contribution in [0.4, 0.5) is 0 Å². The van der Waals surface area contributed by atoms with Gasteiger partial charge in [0.25, 0.3) is 0 Å². The first kappa shape index (κ1) is 19.8. The van der Waals surface area contributed by atoms with Crippen molar-refractivity contribution in [3.05, 3.63) is 133 Å². The monoisotopic (exact) mass is 445 g/mol. The van der Waals surface area contributed by atoms with Crippen molar-refractivity contribution in [1.29, 1.82) is 0 Å². The van der Waals surface area contributed by atoms with Crippen molar-refractivity contribution in [3.63, 3.8) is 0 Å². The van der Waals surface area contributed by atoms with Crippen molar-refractivity contribution in [2.75, 3.05) is 0 Å². The molecule has 1 heteroatoms. The Hall–Kier alpha value is -4.62. The number of benzene rings is 6. The summed E-state index contributed by atoms with van der Waals surface area (Å²) >= 11 is 0. The standard InChI is InChI=1S/C34H23N/c1-3-9-23(10-4-1)24-15-17-25(18-16-24)27-19-20-30-32(21-27)35-33-22-31(26-11-5-2-6-12-26)28-13-7-8-14-29(28)34(30)33/h1-22,35H. The van der Waals surface area contributed by atoms with E-state index in [1.807, 2.05) is 0 Å². The van der Waals surface area contributed by atoms with E-state index < -0.39 is 0 Å². The quantitative estimate of drug-likeness (QED) is 0.279. The number of aromatic nitrogens is 1. The summed E-state index contributed by atoms with van der Waals surface area (Å²) in [6.07, 6.45) is 0. The summed E-state index contributed by atoms with van der Waals surface area (Å²) < 4.78 is 0. The second-order valence-corrected chi connectivity index (χ2v) is 9.09. The molecule has 1 N–H and O–H groups in total. The van der Waals surface area contributed by atoms with Gasteiger partial charge in [0.1, 0.15) is 0 Å². The van der Waals surface area contributed by atoms with Gasteiger partial charge < -0.3 is 4.98 Å². The third-order valence-electron chi connectivity index (χ3n) is 7.01. The molecule has 0 spiro atoms. The van der Waals surface area contributed by atoms with E-state index >= 15 is 0 Å². The highest BCUT2D eigenvalue weighted by atomic mass is 14.7. The van der Waals surface area contributed by atoms with Gasteiger partial charge in [-0.3, -0.25) is 0 Å². The van der Waals surface area contributed by atoms with Gasteiger partial charge in [-0.15, -0.1) is 0 Å². The first-order valence-corrected chi connectivity index (χ1v) is 12.0. The minimum Gasteiger partial charge on any atom is -0.354 e. The molecule has 35 heavy (non-hydrogen) atoms. The van der Waals surface area contributed by atoms with E-state index in [2.05, 4.69) is 138 Å². The molecule has 1 heterocycles. The summed E-state index contributed by atoms with van der Waals surface area (Å²) in [5.74, 6) is 0. The summed E-state index contributed by atoms with van der Waals surface area (Å²) in [6.45, 7) is 0. The average Bonchev–Trinajstić information content (AvgIpc) is 3.32. The van der Waals surface area contributed by atoms with Crippen LogP contribution in [0.3, 0.4) is 0 Å². The number of hydrogen-bond donors (Lipinski definition) is 1. The second-order valence-electron chi connectivity index (χ2n) is 9.09. The largest absolute Gasteiger partial charge is 0.354 e. The van der Waals surface area contributed by atoms with E-state index in [0.717, 1.165) is 0 Å². The highest BCUT2D eigenvalue weighted by molar-refractivity contribution is 6.23. The van der Waals surface area contributed by atoms with Crippen molar-refractivity contribution in [1.82, 2.24) is 4.98 Å². The zero-order valence-corrected chi connectivity index (χ0v) is 19.2. The molecule has 164 valence electrons. The smallest absolute Gasteiger partial charge is 0.0477 e. The lowest BCUT2D eigenvalue weighted by Gasteiger charge is -2.09. The Kier molecular flexibility index (Phi) is 4.53. The van der Waals surface area contributed by atoms with Gasteiger partial charge in [0.15, 0.2) is 0 Å². The lowest BCUT2D eigenvalue weighted by Crippen LogP contribution is -1.83. The fourth-order valence-electron chi connectivity index (χ4n) is 5.30. The number of fused-ring (bicyclic) bond motifs is 5. The fourth-order valence-corrected chi connectivity index (χ4v) is 5.30. The molecule has 0 bridgehead atoms. The molecule has 0 atom stereocenters. The third-order valence-corrected chi connectivity index (χ3v) is 7.01. The Bertz CT molecular complexity index is 1810. The Morgan fingerprint density at radius 1 is 0.343 bits per heavy atom. The fraction of sp³-hybridized carbons (Fsp3) is 0. The molecular formula is C34H23N. The van der Waals surface area contributed by atoms with Gasteiger partial charge in [-0.25, -0.2) is 0 Å². The van der Waals surface area contributed by atoms with E-state index in [9.17, 15) is 0 Å². The van der Waals surface area contributed by atoms with Crippen LogP contribution in [0.25, 0.3) is 66.0 Å². The van der Waals surface area contributed by atoms with Crippen LogP contribution in [0.1, 0.15) is 0 Å². The van der Waals surface area contributed by atoms with Crippen LogP contribution in [0.2, 0.25) is 0 Å². The van der Waals surface area contributed by atoms with Gasteiger partial charge in [-0.2, -0.15) is 0 Å². The maximum atomic E-state index is 3.73. The van der Waals surface area contributed by atoms with Crippen LogP contribution in [-0.2, 0) is 0 Å². The zero-order valence-electron chi connectivity index (χ0n) is 19.2. The van der Waals surface area contributed by atoms with Crippen LogP contribution in [0.15, 0.2) is 133 Å². The zero-order chi connectivity index (χ0) is 23.2. The average molecular weight is 446 g/mol. The van der Waals surface area contributed by atoms with E-state index in [0.29, 0.717) is 0 Å². The molecule has 0 aliphatic carbocycles. The van der Waals surface area contributed by atoms with Crippen molar-refractivity contribution in [2.24, 2.45) is 0 Å². The molecule has 1 aromatic heterocycles. The summed E-state index contributed by atoms with van der Waals surface area (Å²) in [4.78, 5) is 3.73. The minimum atomic E-state index is 1.17. The molecule has 7 rings (SSSR count). The third kappa shape index (κ3) is 3.33. The predicted octanol–water partition coefficient (Wildman–Crippen LogP) is 9.48. The normalized spacial score (nSPS) is 11.4. The van der Waals surface area contributed by atoms with Gasteiger partial charge in [0, 0.05) is 21.8 Å². The van der Waals surface area contributed by atoms with Crippen LogP contribution in [0, 0.1) is 0 Å². The van der Waals surface area contributed by atoms with Crippen LogP contribution in [-0.4, -0.2) is 4.98 Å².